The van der Waals surface area contributed by atoms with Gasteiger partial charge in [-0.3, -0.25) is 9.59 Å². The maximum absolute atomic E-state index is 11.9. The lowest BCUT2D eigenvalue weighted by Crippen LogP contribution is -2.34. The van der Waals surface area contributed by atoms with E-state index in [-0.39, 0.29) is 18.6 Å². The van der Waals surface area contributed by atoms with Crippen molar-refractivity contribution in [3.63, 3.8) is 0 Å². The number of rotatable bonds is 5. The zero-order valence-corrected chi connectivity index (χ0v) is 12.1. The maximum atomic E-state index is 11.9. The third kappa shape index (κ3) is 4.27. The maximum Gasteiger partial charge on any atom is 0.250 e. The standard InChI is InChI=1S/C15H21N3O3/c1-10-12(15(16)20)3-2-4-13(10)18-14(19)9-21-11-5-7-17-8-6-11/h2-4,11,17H,5-9H2,1H3,(H2,16,20)(H,18,19). The summed E-state index contributed by atoms with van der Waals surface area (Å²) < 4.78 is 5.59. The highest BCUT2D eigenvalue weighted by Gasteiger charge is 2.16. The molecule has 0 atom stereocenters. The molecule has 1 aliphatic rings. The largest absolute Gasteiger partial charge is 0.368 e. The molecule has 4 N–H and O–H groups in total. The third-order valence-corrected chi connectivity index (χ3v) is 3.61. The molecule has 0 aliphatic carbocycles. The van der Waals surface area contributed by atoms with Crippen molar-refractivity contribution >= 4 is 17.5 Å². The molecule has 0 aromatic heterocycles. The summed E-state index contributed by atoms with van der Waals surface area (Å²) in [6.07, 6.45) is 1.97. The van der Waals surface area contributed by atoms with Gasteiger partial charge in [0, 0.05) is 11.3 Å². The van der Waals surface area contributed by atoms with Crippen LogP contribution in [0.5, 0.6) is 0 Å². The average molecular weight is 291 g/mol. The van der Waals surface area contributed by atoms with Crippen LogP contribution in [0.15, 0.2) is 18.2 Å². The minimum atomic E-state index is -0.505. The molecule has 0 radical (unpaired) electrons. The minimum absolute atomic E-state index is 0.0188. The number of carbonyl (C=O) groups is 2. The summed E-state index contributed by atoms with van der Waals surface area (Å²) in [5, 5.41) is 6.00. The molecular formula is C15H21N3O3. The van der Waals surface area contributed by atoms with Crippen molar-refractivity contribution in [2.75, 3.05) is 25.0 Å². The topological polar surface area (TPSA) is 93.4 Å². The number of ether oxygens (including phenoxy) is 1. The fraction of sp³-hybridized carbons (Fsp3) is 0.467. The van der Waals surface area contributed by atoms with Gasteiger partial charge in [-0.1, -0.05) is 6.07 Å². The molecule has 1 heterocycles. The number of nitrogens with one attached hydrogen (secondary N) is 2. The van der Waals surface area contributed by atoms with Gasteiger partial charge in [0.1, 0.15) is 6.61 Å². The smallest absolute Gasteiger partial charge is 0.250 e. The number of piperidine rings is 1. The summed E-state index contributed by atoms with van der Waals surface area (Å²) in [6, 6.07) is 5.07. The van der Waals surface area contributed by atoms with Crippen LogP contribution in [0, 0.1) is 6.92 Å². The normalized spacial score (nSPS) is 15.7. The summed E-state index contributed by atoms with van der Waals surface area (Å²) >= 11 is 0. The number of benzene rings is 1. The predicted molar refractivity (Wildman–Crippen MR) is 80.2 cm³/mol. The molecule has 0 bridgehead atoms. The molecule has 1 aromatic rings. The van der Waals surface area contributed by atoms with Gasteiger partial charge in [-0.15, -0.1) is 0 Å². The van der Waals surface area contributed by atoms with E-state index in [1.807, 2.05) is 0 Å². The van der Waals surface area contributed by atoms with Gasteiger partial charge < -0.3 is 21.1 Å². The molecule has 1 aliphatic heterocycles. The van der Waals surface area contributed by atoms with E-state index >= 15 is 0 Å². The molecule has 114 valence electrons. The van der Waals surface area contributed by atoms with Crippen LogP contribution in [0.25, 0.3) is 0 Å². The molecule has 2 rings (SSSR count). The first-order valence-corrected chi connectivity index (χ1v) is 7.09. The van der Waals surface area contributed by atoms with Crippen molar-refractivity contribution in [3.8, 4) is 0 Å². The zero-order chi connectivity index (χ0) is 15.2. The minimum Gasteiger partial charge on any atom is -0.368 e. The Bertz CT molecular complexity index is 525. The Morgan fingerprint density at radius 3 is 2.76 bits per heavy atom. The highest BCUT2D eigenvalue weighted by Crippen LogP contribution is 2.18. The molecule has 1 fully saturated rings. The summed E-state index contributed by atoms with van der Waals surface area (Å²) in [6.45, 7) is 3.62. The number of hydrogen-bond acceptors (Lipinski definition) is 4. The van der Waals surface area contributed by atoms with Crippen LogP contribution in [0.4, 0.5) is 5.69 Å². The van der Waals surface area contributed by atoms with Crippen molar-refractivity contribution in [2.24, 2.45) is 5.73 Å². The molecule has 0 saturated carbocycles. The van der Waals surface area contributed by atoms with Crippen LogP contribution >= 0.6 is 0 Å². The summed E-state index contributed by atoms with van der Waals surface area (Å²) in [5.74, 6) is -0.729. The quantitative estimate of drug-likeness (QED) is 0.748. The first-order valence-electron chi connectivity index (χ1n) is 7.09. The number of hydrogen-bond donors (Lipinski definition) is 3. The van der Waals surface area contributed by atoms with Gasteiger partial charge in [0.2, 0.25) is 11.8 Å². The molecule has 2 amide bonds. The van der Waals surface area contributed by atoms with E-state index in [4.69, 9.17) is 10.5 Å². The number of primary amides is 1. The van der Waals surface area contributed by atoms with E-state index in [9.17, 15) is 9.59 Å². The van der Waals surface area contributed by atoms with Gasteiger partial charge in [-0.25, -0.2) is 0 Å². The number of carbonyl (C=O) groups excluding carboxylic acids is 2. The number of anilines is 1. The first-order chi connectivity index (χ1) is 10.1. The van der Waals surface area contributed by atoms with Crippen molar-refractivity contribution < 1.29 is 14.3 Å². The summed E-state index contributed by atoms with van der Waals surface area (Å²) in [5.41, 5.74) is 6.95. The van der Waals surface area contributed by atoms with Crippen LogP contribution in [-0.4, -0.2) is 37.6 Å². The highest BCUT2D eigenvalue weighted by atomic mass is 16.5. The van der Waals surface area contributed by atoms with Crippen molar-refractivity contribution in [1.82, 2.24) is 5.32 Å². The Kier molecular flexibility index (Phi) is 5.30. The number of amides is 2. The van der Waals surface area contributed by atoms with Gasteiger partial charge >= 0.3 is 0 Å². The fourth-order valence-corrected chi connectivity index (χ4v) is 2.38. The Morgan fingerprint density at radius 1 is 1.38 bits per heavy atom. The third-order valence-electron chi connectivity index (χ3n) is 3.61. The lowest BCUT2D eigenvalue weighted by atomic mass is 10.1. The SMILES string of the molecule is Cc1c(NC(=O)COC2CCNCC2)cccc1C(N)=O. The Balaban J connectivity index is 1.90. The molecule has 1 saturated heterocycles. The van der Waals surface area contributed by atoms with Crippen LogP contribution < -0.4 is 16.4 Å². The van der Waals surface area contributed by atoms with Gasteiger partial charge in [0.05, 0.1) is 6.10 Å². The van der Waals surface area contributed by atoms with Crippen molar-refractivity contribution in [3.05, 3.63) is 29.3 Å². The van der Waals surface area contributed by atoms with E-state index in [1.165, 1.54) is 0 Å². The second-order valence-corrected chi connectivity index (χ2v) is 5.15. The monoisotopic (exact) mass is 291 g/mol. The number of nitrogens with two attached hydrogens (primary N) is 1. The second-order valence-electron chi connectivity index (χ2n) is 5.15. The van der Waals surface area contributed by atoms with Crippen LogP contribution in [0.3, 0.4) is 0 Å². The first kappa shape index (κ1) is 15.5. The molecule has 1 aromatic carbocycles. The van der Waals surface area contributed by atoms with Gasteiger partial charge in [0.25, 0.3) is 0 Å². The van der Waals surface area contributed by atoms with Crippen molar-refractivity contribution in [1.29, 1.82) is 0 Å². The van der Waals surface area contributed by atoms with E-state index in [1.54, 1.807) is 25.1 Å². The van der Waals surface area contributed by atoms with E-state index in [0.29, 0.717) is 16.8 Å². The van der Waals surface area contributed by atoms with Gasteiger partial charge in [-0.2, -0.15) is 0 Å². The van der Waals surface area contributed by atoms with Gasteiger partial charge in [-0.05, 0) is 50.6 Å². The van der Waals surface area contributed by atoms with Crippen LogP contribution in [0.2, 0.25) is 0 Å². The Morgan fingerprint density at radius 2 is 2.10 bits per heavy atom. The van der Waals surface area contributed by atoms with Crippen LogP contribution in [-0.2, 0) is 9.53 Å². The predicted octanol–water partition coefficient (Wildman–Crippen LogP) is 0.801. The lowest BCUT2D eigenvalue weighted by Gasteiger charge is -2.22. The zero-order valence-electron chi connectivity index (χ0n) is 12.1. The summed E-state index contributed by atoms with van der Waals surface area (Å²) in [4.78, 5) is 23.2. The van der Waals surface area contributed by atoms with E-state index in [0.717, 1.165) is 25.9 Å². The molecule has 0 unspecified atom stereocenters. The molecule has 6 heteroatoms. The Labute approximate surface area is 124 Å². The molecule has 0 spiro atoms. The van der Waals surface area contributed by atoms with Crippen LogP contribution in [0.1, 0.15) is 28.8 Å². The molecule has 21 heavy (non-hydrogen) atoms. The summed E-state index contributed by atoms with van der Waals surface area (Å²) in [7, 11) is 0. The second kappa shape index (κ2) is 7.19. The van der Waals surface area contributed by atoms with Gasteiger partial charge in [0.15, 0.2) is 0 Å². The lowest BCUT2D eigenvalue weighted by molar-refractivity contribution is -0.123. The Hall–Kier alpha value is -1.92. The highest BCUT2D eigenvalue weighted by molar-refractivity contribution is 5.98. The molecule has 6 nitrogen and oxygen atoms in total. The molecular weight excluding hydrogens is 270 g/mol. The fourth-order valence-electron chi connectivity index (χ4n) is 2.38. The van der Waals surface area contributed by atoms with E-state index in [2.05, 4.69) is 10.6 Å². The van der Waals surface area contributed by atoms with E-state index < -0.39 is 5.91 Å². The van der Waals surface area contributed by atoms with Crippen molar-refractivity contribution in [2.45, 2.75) is 25.9 Å². The average Bonchev–Trinajstić information content (AvgIpc) is 2.48.